The summed E-state index contributed by atoms with van der Waals surface area (Å²) in [6.07, 6.45) is 0.558. The Balaban J connectivity index is 3.60. The highest BCUT2D eigenvalue weighted by Gasteiger charge is 2.22. The molecule has 4 heteroatoms. The van der Waals surface area contributed by atoms with Crippen LogP contribution in [0.2, 0.25) is 0 Å². The van der Waals surface area contributed by atoms with Crippen molar-refractivity contribution in [2.75, 3.05) is 13.2 Å². The molecular weight excluding hydrogens is 160 g/mol. The fraction of sp³-hybridized carbons (Fsp3) is 1.00. The third-order valence-electron chi connectivity index (χ3n) is 1.52. The molecule has 74 valence electrons. The Hall–Kier alpha value is -0.160. The number of hydrogen-bond donors (Lipinski definition) is 2. The van der Waals surface area contributed by atoms with E-state index in [2.05, 4.69) is 4.89 Å². The third kappa shape index (κ3) is 5.49. The first-order chi connectivity index (χ1) is 5.52. The molecule has 4 nitrogen and oxygen atoms in total. The van der Waals surface area contributed by atoms with Crippen LogP contribution in [0.15, 0.2) is 0 Å². The van der Waals surface area contributed by atoms with E-state index in [9.17, 15) is 0 Å². The molecule has 0 aliphatic carbocycles. The van der Waals surface area contributed by atoms with Gasteiger partial charge in [-0.1, -0.05) is 0 Å². The third-order valence-corrected chi connectivity index (χ3v) is 1.52. The van der Waals surface area contributed by atoms with Crippen LogP contribution in [0.5, 0.6) is 0 Å². The van der Waals surface area contributed by atoms with Crippen molar-refractivity contribution in [3.05, 3.63) is 0 Å². The summed E-state index contributed by atoms with van der Waals surface area (Å²) in [4.78, 5) is 4.25. The van der Waals surface area contributed by atoms with Gasteiger partial charge < -0.3 is 9.84 Å². The van der Waals surface area contributed by atoms with E-state index in [1.54, 1.807) is 13.8 Å². The maximum atomic E-state index is 8.47. The number of hydrogen-bond acceptors (Lipinski definition) is 4. The lowest BCUT2D eigenvalue weighted by atomic mass is 10.0. The Bertz CT molecular complexity index is 114. The molecule has 0 bridgehead atoms. The predicted molar refractivity (Wildman–Crippen MR) is 44.9 cm³/mol. The summed E-state index contributed by atoms with van der Waals surface area (Å²) in [7, 11) is 0. The molecule has 1 atom stereocenters. The Morgan fingerprint density at radius 1 is 1.42 bits per heavy atom. The number of aliphatic hydroxyl groups is 1. The number of rotatable bonds is 6. The van der Waals surface area contributed by atoms with E-state index in [0.717, 1.165) is 0 Å². The highest BCUT2D eigenvalue weighted by molar-refractivity contribution is 4.70. The van der Waals surface area contributed by atoms with Crippen LogP contribution < -0.4 is 0 Å². The Morgan fingerprint density at radius 2 is 2.00 bits per heavy atom. The summed E-state index contributed by atoms with van der Waals surface area (Å²) < 4.78 is 5.19. The van der Waals surface area contributed by atoms with Crippen molar-refractivity contribution in [2.24, 2.45) is 0 Å². The summed E-state index contributed by atoms with van der Waals surface area (Å²) in [5, 5.41) is 16.9. The van der Waals surface area contributed by atoms with E-state index in [1.165, 1.54) is 0 Å². The van der Waals surface area contributed by atoms with Gasteiger partial charge >= 0.3 is 0 Å². The van der Waals surface area contributed by atoms with Gasteiger partial charge in [-0.05, 0) is 20.8 Å². The van der Waals surface area contributed by atoms with Crippen LogP contribution in [0.3, 0.4) is 0 Å². The fourth-order valence-electron chi connectivity index (χ4n) is 1.04. The van der Waals surface area contributed by atoms with Crippen LogP contribution in [0.4, 0.5) is 0 Å². The van der Waals surface area contributed by atoms with Gasteiger partial charge in [0.25, 0.3) is 0 Å². The molecule has 0 aromatic rings. The molecule has 0 aliphatic rings. The highest BCUT2D eigenvalue weighted by Crippen LogP contribution is 2.16. The minimum atomic E-state index is -0.588. The second-order valence-electron chi connectivity index (χ2n) is 3.46. The zero-order valence-corrected chi connectivity index (χ0v) is 7.91. The average molecular weight is 178 g/mol. The molecule has 0 aliphatic heterocycles. The van der Waals surface area contributed by atoms with Crippen LogP contribution in [0.25, 0.3) is 0 Å². The van der Waals surface area contributed by atoms with Crippen LogP contribution in [0, 0.1) is 0 Å². The van der Waals surface area contributed by atoms with Gasteiger partial charge in [0, 0.05) is 6.42 Å². The van der Waals surface area contributed by atoms with Crippen LogP contribution >= 0.6 is 0 Å². The topological polar surface area (TPSA) is 58.9 Å². The zero-order chi connectivity index (χ0) is 9.61. The van der Waals surface area contributed by atoms with Crippen molar-refractivity contribution >= 4 is 0 Å². The zero-order valence-electron chi connectivity index (χ0n) is 7.91. The Kier molecular flexibility index (Phi) is 5.41. The molecule has 1 unspecified atom stereocenters. The second-order valence-corrected chi connectivity index (χ2v) is 3.46. The smallest absolute Gasteiger partial charge is 0.100 e. The molecule has 0 saturated heterocycles. The first-order valence-electron chi connectivity index (χ1n) is 4.07. The molecule has 0 fully saturated rings. The number of ether oxygens (including phenoxy) is 1. The SMILES string of the molecule is CC(CC(C)(C)OO)OCCO. The normalized spacial score (nSPS) is 14.8. The standard InChI is InChI=1S/C8H18O4/c1-7(11-5-4-9)6-8(2,3)12-10/h7,9-10H,4-6H2,1-3H3. The molecule has 0 rings (SSSR count). The summed E-state index contributed by atoms with van der Waals surface area (Å²) in [5.74, 6) is 0. The van der Waals surface area contributed by atoms with Crippen molar-refractivity contribution in [1.82, 2.24) is 0 Å². The van der Waals surface area contributed by atoms with Crippen molar-refractivity contribution in [1.29, 1.82) is 0 Å². The van der Waals surface area contributed by atoms with E-state index in [4.69, 9.17) is 15.1 Å². The van der Waals surface area contributed by atoms with Crippen LogP contribution in [-0.4, -0.2) is 35.3 Å². The summed E-state index contributed by atoms with van der Waals surface area (Å²) >= 11 is 0. The van der Waals surface area contributed by atoms with Crippen molar-refractivity contribution < 1.29 is 20.0 Å². The Labute approximate surface area is 73.0 Å². The molecule has 0 aromatic heterocycles. The lowest BCUT2D eigenvalue weighted by molar-refractivity contribution is -0.318. The largest absolute Gasteiger partial charge is 0.394 e. The highest BCUT2D eigenvalue weighted by atomic mass is 17.1. The lowest BCUT2D eigenvalue weighted by Crippen LogP contribution is -2.29. The van der Waals surface area contributed by atoms with E-state index < -0.39 is 5.60 Å². The molecule has 0 heterocycles. The second kappa shape index (κ2) is 5.48. The van der Waals surface area contributed by atoms with E-state index in [-0.39, 0.29) is 12.7 Å². The molecule has 2 N–H and O–H groups in total. The van der Waals surface area contributed by atoms with Gasteiger partial charge in [0.1, 0.15) is 5.60 Å². The first-order valence-corrected chi connectivity index (χ1v) is 4.07. The molecule has 0 aromatic carbocycles. The van der Waals surface area contributed by atoms with E-state index in [0.29, 0.717) is 13.0 Å². The fourth-order valence-corrected chi connectivity index (χ4v) is 1.04. The molecule has 0 spiro atoms. The predicted octanol–water partition coefficient (Wildman–Crippen LogP) is 1.04. The lowest BCUT2D eigenvalue weighted by Gasteiger charge is -2.24. The maximum absolute atomic E-state index is 8.47. The van der Waals surface area contributed by atoms with E-state index in [1.807, 2.05) is 6.92 Å². The van der Waals surface area contributed by atoms with Gasteiger partial charge in [-0.2, -0.15) is 0 Å². The molecular formula is C8H18O4. The monoisotopic (exact) mass is 178 g/mol. The van der Waals surface area contributed by atoms with Gasteiger partial charge in [0.15, 0.2) is 0 Å². The summed E-state index contributed by atoms with van der Waals surface area (Å²) in [5.41, 5.74) is -0.588. The maximum Gasteiger partial charge on any atom is 0.100 e. The van der Waals surface area contributed by atoms with Crippen molar-refractivity contribution in [2.45, 2.75) is 38.9 Å². The molecule has 12 heavy (non-hydrogen) atoms. The van der Waals surface area contributed by atoms with Gasteiger partial charge in [0.2, 0.25) is 0 Å². The van der Waals surface area contributed by atoms with Gasteiger partial charge in [-0.15, -0.1) is 0 Å². The van der Waals surface area contributed by atoms with Crippen LogP contribution in [-0.2, 0) is 9.62 Å². The average Bonchev–Trinajstić information content (AvgIpc) is 2.00. The first kappa shape index (κ1) is 11.8. The van der Waals surface area contributed by atoms with E-state index >= 15 is 0 Å². The Morgan fingerprint density at radius 3 is 2.42 bits per heavy atom. The van der Waals surface area contributed by atoms with Crippen molar-refractivity contribution in [3.63, 3.8) is 0 Å². The minimum Gasteiger partial charge on any atom is -0.394 e. The van der Waals surface area contributed by atoms with Gasteiger partial charge in [-0.3, -0.25) is 5.26 Å². The quantitative estimate of drug-likeness (QED) is 0.471. The van der Waals surface area contributed by atoms with Crippen molar-refractivity contribution in [3.8, 4) is 0 Å². The molecule has 0 radical (unpaired) electrons. The summed E-state index contributed by atoms with van der Waals surface area (Å²) in [6.45, 7) is 5.75. The molecule has 0 saturated carbocycles. The van der Waals surface area contributed by atoms with Gasteiger partial charge in [-0.25, -0.2) is 4.89 Å². The van der Waals surface area contributed by atoms with Crippen LogP contribution in [0.1, 0.15) is 27.2 Å². The number of aliphatic hydroxyl groups excluding tert-OH is 1. The minimum absolute atomic E-state index is 0.0186. The summed E-state index contributed by atoms with van der Waals surface area (Å²) in [6, 6.07) is 0. The molecule has 0 amide bonds. The van der Waals surface area contributed by atoms with Gasteiger partial charge in [0.05, 0.1) is 19.3 Å².